The second-order valence-electron chi connectivity index (χ2n) is 5.54. The highest BCUT2D eigenvalue weighted by molar-refractivity contribution is 6.31. The molecule has 0 spiro atoms. The lowest BCUT2D eigenvalue weighted by molar-refractivity contribution is -0.137. The Morgan fingerprint density at radius 1 is 1.26 bits per heavy atom. The number of primary amides is 1. The van der Waals surface area contributed by atoms with Crippen LogP contribution in [0.1, 0.15) is 41.6 Å². The molecule has 2 N–H and O–H groups in total. The van der Waals surface area contributed by atoms with Crippen LogP contribution in [0.15, 0.2) is 18.2 Å². The molecule has 1 aliphatic heterocycles. The van der Waals surface area contributed by atoms with E-state index in [1.165, 1.54) is 11.0 Å². The zero-order valence-electron chi connectivity index (χ0n) is 12.2. The Hall–Kier alpha value is -1.76. The largest absolute Gasteiger partial charge is 0.416 e. The number of nitrogens with two attached hydrogens (primary N) is 1. The Balaban J connectivity index is 2.31. The minimum atomic E-state index is -4.59. The van der Waals surface area contributed by atoms with E-state index in [-0.39, 0.29) is 23.0 Å². The molecule has 4 nitrogen and oxygen atoms in total. The van der Waals surface area contributed by atoms with E-state index in [4.69, 9.17) is 17.3 Å². The van der Waals surface area contributed by atoms with E-state index in [2.05, 4.69) is 0 Å². The number of hydrogen-bond donors (Lipinski definition) is 1. The van der Waals surface area contributed by atoms with Crippen molar-refractivity contribution in [1.29, 1.82) is 0 Å². The first kappa shape index (κ1) is 17.6. The fourth-order valence-electron chi connectivity index (χ4n) is 2.75. The number of benzene rings is 1. The molecular formula is C15H16ClF3N2O2. The standard InChI is InChI=1S/C15H16ClF3N2O2/c16-11-6-9(5-10(7-11)15(17,18)19)14(23)21-4-2-1-3-12(21)8-13(20)22/h5-7,12H,1-4,8H2,(H2,20,22)/t12-/m1/s1. The van der Waals surface area contributed by atoms with Gasteiger partial charge in [0.05, 0.1) is 5.56 Å². The van der Waals surface area contributed by atoms with E-state index >= 15 is 0 Å². The van der Waals surface area contributed by atoms with Crippen molar-refractivity contribution in [2.45, 2.75) is 37.9 Å². The highest BCUT2D eigenvalue weighted by atomic mass is 35.5. The van der Waals surface area contributed by atoms with Gasteiger partial charge in [0, 0.05) is 29.6 Å². The van der Waals surface area contributed by atoms with Crippen LogP contribution in [0.2, 0.25) is 5.02 Å². The van der Waals surface area contributed by atoms with Crippen molar-refractivity contribution in [3.05, 3.63) is 34.3 Å². The van der Waals surface area contributed by atoms with Crippen molar-refractivity contribution in [3.8, 4) is 0 Å². The van der Waals surface area contributed by atoms with Gasteiger partial charge in [-0.2, -0.15) is 13.2 Å². The molecule has 1 aromatic rings. The molecule has 1 aliphatic rings. The Morgan fingerprint density at radius 3 is 2.57 bits per heavy atom. The van der Waals surface area contributed by atoms with Gasteiger partial charge in [0.25, 0.3) is 5.91 Å². The van der Waals surface area contributed by atoms with E-state index < -0.39 is 23.6 Å². The van der Waals surface area contributed by atoms with Crippen LogP contribution in [0.25, 0.3) is 0 Å². The van der Waals surface area contributed by atoms with Crippen LogP contribution < -0.4 is 5.73 Å². The second kappa shape index (κ2) is 6.78. The van der Waals surface area contributed by atoms with Gasteiger partial charge in [-0.3, -0.25) is 9.59 Å². The average molecular weight is 349 g/mol. The van der Waals surface area contributed by atoms with Crippen LogP contribution in [-0.2, 0) is 11.0 Å². The Morgan fingerprint density at radius 2 is 1.96 bits per heavy atom. The van der Waals surface area contributed by atoms with E-state index in [0.29, 0.717) is 13.0 Å². The fraction of sp³-hybridized carbons (Fsp3) is 0.467. The predicted octanol–water partition coefficient (Wildman–Crippen LogP) is 3.23. The maximum absolute atomic E-state index is 12.9. The number of halogens is 4. The van der Waals surface area contributed by atoms with Gasteiger partial charge in [-0.25, -0.2) is 0 Å². The van der Waals surface area contributed by atoms with E-state index in [0.717, 1.165) is 25.0 Å². The highest BCUT2D eigenvalue weighted by Crippen LogP contribution is 2.32. The van der Waals surface area contributed by atoms with Crippen LogP contribution in [0.4, 0.5) is 13.2 Å². The molecule has 0 bridgehead atoms. The van der Waals surface area contributed by atoms with Crippen molar-refractivity contribution >= 4 is 23.4 Å². The summed E-state index contributed by atoms with van der Waals surface area (Å²) in [4.78, 5) is 25.1. The Labute approximate surface area is 136 Å². The number of nitrogens with zero attached hydrogens (tertiary/aromatic N) is 1. The number of hydrogen-bond acceptors (Lipinski definition) is 2. The Kier molecular flexibility index (Phi) is 5.19. The summed E-state index contributed by atoms with van der Waals surface area (Å²) >= 11 is 5.71. The van der Waals surface area contributed by atoms with Gasteiger partial charge in [-0.05, 0) is 37.5 Å². The summed E-state index contributed by atoms with van der Waals surface area (Å²) in [5, 5.41) is -0.161. The fourth-order valence-corrected chi connectivity index (χ4v) is 2.99. The molecule has 1 fully saturated rings. The monoisotopic (exact) mass is 348 g/mol. The quantitative estimate of drug-likeness (QED) is 0.911. The summed E-state index contributed by atoms with van der Waals surface area (Å²) in [7, 11) is 0. The molecule has 1 saturated heterocycles. The van der Waals surface area contributed by atoms with Gasteiger partial charge in [0.2, 0.25) is 5.91 Å². The van der Waals surface area contributed by atoms with Gasteiger partial charge < -0.3 is 10.6 Å². The summed E-state index contributed by atoms with van der Waals surface area (Å²) < 4.78 is 38.6. The number of carbonyl (C=O) groups is 2. The SMILES string of the molecule is NC(=O)C[C@H]1CCCCN1C(=O)c1cc(Cl)cc(C(F)(F)F)c1. The number of alkyl halides is 3. The van der Waals surface area contributed by atoms with Crippen LogP contribution in [0.5, 0.6) is 0 Å². The lowest BCUT2D eigenvalue weighted by Gasteiger charge is -2.35. The number of rotatable bonds is 3. The molecule has 0 unspecified atom stereocenters. The van der Waals surface area contributed by atoms with E-state index in [9.17, 15) is 22.8 Å². The van der Waals surface area contributed by atoms with Gasteiger partial charge in [-0.1, -0.05) is 11.6 Å². The van der Waals surface area contributed by atoms with Crippen molar-refractivity contribution in [1.82, 2.24) is 4.90 Å². The molecule has 0 radical (unpaired) electrons. The summed E-state index contributed by atoms with van der Waals surface area (Å²) in [5.74, 6) is -1.11. The van der Waals surface area contributed by atoms with Crippen LogP contribution in [0.3, 0.4) is 0 Å². The molecule has 0 aromatic heterocycles. The molecule has 0 saturated carbocycles. The third-order valence-electron chi connectivity index (χ3n) is 3.80. The Bertz CT molecular complexity index is 619. The molecule has 2 amide bonds. The molecule has 8 heteroatoms. The van der Waals surface area contributed by atoms with E-state index in [1.54, 1.807) is 0 Å². The number of carbonyl (C=O) groups excluding carboxylic acids is 2. The molecule has 23 heavy (non-hydrogen) atoms. The van der Waals surface area contributed by atoms with Crippen molar-refractivity contribution < 1.29 is 22.8 Å². The van der Waals surface area contributed by atoms with Crippen molar-refractivity contribution in [2.24, 2.45) is 5.73 Å². The topological polar surface area (TPSA) is 63.4 Å². The number of amides is 2. The van der Waals surface area contributed by atoms with Crippen molar-refractivity contribution in [2.75, 3.05) is 6.54 Å². The lowest BCUT2D eigenvalue weighted by Crippen LogP contribution is -2.45. The van der Waals surface area contributed by atoms with Gasteiger partial charge in [-0.15, -0.1) is 0 Å². The summed E-state index contributed by atoms with van der Waals surface area (Å²) in [6.07, 6.45) is -2.42. The van der Waals surface area contributed by atoms with Crippen LogP contribution in [-0.4, -0.2) is 29.3 Å². The van der Waals surface area contributed by atoms with Gasteiger partial charge >= 0.3 is 6.18 Å². The molecule has 1 heterocycles. The molecule has 1 aromatic carbocycles. The third-order valence-corrected chi connectivity index (χ3v) is 4.02. The first-order valence-electron chi connectivity index (χ1n) is 7.15. The second-order valence-corrected chi connectivity index (χ2v) is 5.98. The minimum Gasteiger partial charge on any atom is -0.370 e. The van der Waals surface area contributed by atoms with Crippen LogP contribution in [0, 0.1) is 0 Å². The first-order chi connectivity index (χ1) is 10.7. The molecule has 0 aliphatic carbocycles. The summed E-state index contributed by atoms with van der Waals surface area (Å²) in [6.45, 7) is 0.380. The van der Waals surface area contributed by atoms with E-state index in [1.807, 2.05) is 0 Å². The first-order valence-corrected chi connectivity index (χ1v) is 7.53. The van der Waals surface area contributed by atoms with Gasteiger partial charge in [0.15, 0.2) is 0 Å². The van der Waals surface area contributed by atoms with Crippen molar-refractivity contribution in [3.63, 3.8) is 0 Å². The maximum atomic E-state index is 12.9. The normalized spacial score (nSPS) is 18.8. The summed E-state index contributed by atoms with van der Waals surface area (Å²) in [5.41, 5.74) is 4.07. The van der Waals surface area contributed by atoms with Gasteiger partial charge in [0.1, 0.15) is 0 Å². The summed E-state index contributed by atoms with van der Waals surface area (Å²) in [6, 6.07) is 2.37. The third kappa shape index (κ3) is 4.37. The van der Waals surface area contributed by atoms with Crippen LogP contribution >= 0.6 is 11.6 Å². The smallest absolute Gasteiger partial charge is 0.370 e. The molecule has 2 rings (SSSR count). The number of piperidine rings is 1. The highest BCUT2D eigenvalue weighted by Gasteiger charge is 2.33. The lowest BCUT2D eigenvalue weighted by atomic mass is 9.97. The zero-order valence-corrected chi connectivity index (χ0v) is 13.0. The molecule has 126 valence electrons. The average Bonchev–Trinajstić information content (AvgIpc) is 2.45. The zero-order chi connectivity index (χ0) is 17.2. The maximum Gasteiger partial charge on any atom is 0.416 e. The predicted molar refractivity (Wildman–Crippen MR) is 78.9 cm³/mol. The number of likely N-dealkylation sites (tertiary alicyclic amines) is 1. The molecule has 1 atom stereocenters. The molecular weight excluding hydrogens is 333 g/mol. The minimum absolute atomic E-state index is 0.00155.